The topological polar surface area (TPSA) is 98.3 Å². The van der Waals surface area contributed by atoms with Gasteiger partial charge in [-0.2, -0.15) is 0 Å². The van der Waals surface area contributed by atoms with Gasteiger partial charge in [0.1, 0.15) is 6.61 Å². The molecule has 0 saturated carbocycles. The first-order chi connectivity index (χ1) is 20.1. The molecule has 41 heavy (non-hydrogen) atoms. The molecule has 3 aromatic carbocycles. The highest BCUT2D eigenvalue weighted by Gasteiger charge is 2.08. The third kappa shape index (κ3) is 7.33. The first kappa shape index (κ1) is 27.1. The fraction of sp³-hybridized carbons (Fsp3) is 0.0909. The molecule has 204 valence electrons. The number of nitrogens with zero attached hydrogens (tertiary/aromatic N) is 3. The van der Waals surface area contributed by atoms with Crippen molar-refractivity contribution in [1.29, 1.82) is 0 Å². The van der Waals surface area contributed by atoms with Gasteiger partial charge in [-0.3, -0.25) is 9.78 Å². The molecular formula is C33H29N5O3. The number of carbonyl (C=O) groups excluding carboxylic acids is 1. The van der Waals surface area contributed by atoms with E-state index in [9.17, 15) is 4.79 Å². The average Bonchev–Trinajstić information content (AvgIpc) is 3.02. The first-order valence-corrected chi connectivity index (χ1v) is 13.0. The van der Waals surface area contributed by atoms with Crippen LogP contribution >= 0.6 is 0 Å². The lowest BCUT2D eigenvalue weighted by Gasteiger charge is -2.12. The van der Waals surface area contributed by atoms with Crippen LogP contribution in [0.1, 0.15) is 16.7 Å². The minimum Gasteiger partial charge on any atom is -0.493 e. The van der Waals surface area contributed by atoms with Crippen molar-refractivity contribution in [2.24, 2.45) is 0 Å². The molecule has 8 nitrogen and oxygen atoms in total. The van der Waals surface area contributed by atoms with Crippen LogP contribution in [0.3, 0.4) is 0 Å². The smallest absolute Gasteiger partial charge is 0.248 e. The van der Waals surface area contributed by atoms with E-state index in [1.165, 1.54) is 6.08 Å². The van der Waals surface area contributed by atoms with Gasteiger partial charge < -0.3 is 20.1 Å². The van der Waals surface area contributed by atoms with Gasteiger partial charge >= 0.3 is 0 Å². The Kier molecular flexibility index (Phi) is 8.61. The number of methoxy groups -OCH3 is 1. The molecule has 5 aromatic rings. The van der Waals surface area contributed by atoms with Crippen molar-refractivity contribution in [3.63, 3.8) is 0 Å². The monoisotopic (exact) mass is 543 g/mol. The van der Waals surface area contributed by atoms with Crippen molar-refractivity contribution in [3.8, 4) is 22.8 Å². The molecule has 5 rings (SSSR count). The van der Waals surface area contributed by atoms with Crippen molar-refractivity contribution >= 4 is 29.3 Å². The Morgan fingerprint density at radius 3 is 2.61 bits per heavy atom. The summed E-state index contributed by atoms with van der Waals surface area (Å²) in [5.41, 5.74) is 5.93. The van der Waals surface area contributed by atoms with Crippen LogP contribution in [0.4, 0.5) is 17.3 Å². The Morgan fingerprint density at radius 2 is 1.80 bits per heavy atom. The van der Waals surface area contributed by atoms with Gasteiger partial charge in [0.15, 0.2) is 11.5 Å². The summed E-state index contributed by atoms with van der Waals surface area (Å²) in [5, 5.41) is 6.17. The average molecular weight is 544 g/mol. The number of aryl methyl sites for hydroxylation is 1. The van der Waals surface area contributed by atoms with Crippen molar-refractivity contribution in [2.45, 2.75) is 13.5 Å². The number of aromatic nitrogens is 3. The summed E-state index contributed by atoms with van der Waals surface area (Å²) in [4.78, 5) is 25.8. The van der Waals surface area contributed by atoms with E-state index in [0.717, 1.165) is 33.6 Å². The second kappa shape index (κ2) is 13.0. The molecule has 0 spiro atoms. The molecule has 0 atom stereocenters. The van der Waals surface area contributed by atoms with Gasteiger partial charge in [-0.1, -0.05) is 42.5 Å². The van der Waals surface area contributed by atoms with Crippen LogP contribution in [-0.2, 0) is 11.4 Å². The van der Waals surface area contributed by atoms with Gasteiger partial charge in [-0.05, 0) is 72.2 Å². The number of carbonyl (C=O) groups is 1. The summed E-state index contributed by atoms with van der Waals surface area (Å²) in [6.45, 7) is 2.41. The standard InChI is InChI=1S/C33H29N5O3/c1-23-10-13-27(20-29(23)38-33-35-18-16-28(37-33)26-9-6-17-34-21-26)36-32(39)15-12-24-11-14-30(31(19-24)40-2)41-22-25-7-4-3-5-8-25/h3-21H,22H2,1-2H3,(H,36,39)(H,35,37,38)/b15-12+. The van der Waals surface area contributed by atoms with Crippen LogP contribution in [0.5, 0.6) is 11.5 Å². The second-order valence-electron chi connectivity index (χ2n) is 9.17. The SMILES string of the molecule is COc1cc(/C=C/C(=O)Nc2ccc(C)c(Nc3nccc(-c4cccnc4)n3)c2)ccc1OCc1ccccc1. The number of pyridine rings is 1. The molecule has 0 aliphatic rings. The van der Waals surface area contributed by atoms with Crippen molar-refractivity contribution in [2.75, 3.05) is 17.7 Å². The first-order valence-electron chi connectivity index (χ1n) is 13.0. The highest BCUT2D eigenvalue weighted by Crippen LogP contribution is 2.29. The van der Waals surface area contributed by atoms with E-state index >= 15 is 0 Å². The third-order valence-corrected chi connectivity index (χ3v) is 6.22. The number of ether oxygens (including phenoxy) is 2. The number of anilines is 3. The van der Waals surface area contributed by atoms with E-state index in [4.69, 9.17) is 9.47 Å². The molecule has 0 aliphatic carbocycles. The second-order valence-corrected chi connectivity index (χ2v) is 9.17. The van der Waals surface area contributed by atoms with Gasteiger partial charge in [0.05, 0.1) is 12.8 Å². The van der Waals surface area contributed by atoms with E-state index < -0.39 is 0 Å². The van der Waals surface area contributed by atoms with Crippen LogP contribution in [0, 0.1) is 6.92 Å². The molecule has 0 aliphatic heterocycles. The zero-order valence-electron chi connectivity index (χ0n) is 22.7. The van der Waals surface area contributed by atoms with Crippen molar-refractivity contribution in [1.82, 2.24) is 15.0 Å². The fourth-order valence-electron chi connectivity index (χ4n) is 4.05. The van der Waals surface area contributed by atoms with E-state index in [1.807, 2.05) is 91.9 Å². The minimum absolute atomic E-state index is 0.266. The molecule has 0 saturated heterocycles. The van der Waals surface area contributed by atoms with Crippen LogP contribution in [0.25, 0.3) is 17.3 Å². The number of nitrogens with one attached hydrogen (secondary N) is 2. The maximum atomic E-state index is 12.7. The Morgan fingerprint density at radius 1 is 0.927 bits per heavy atom. The zero-order chi connectivity index (χ0) is 28.4. The quantitative estimate of drug-likeness (QED) is 0.186. The van der Waals surface area contributed by atoms with Crippen molar-refractivity contribution < 1.29 is 14.3 Å². The van der Waals surface area contributed by atoms with E-state index in [-0.39, 0.29) is 5.91 Å². The highest BCUT2D eigenvalue weighted by atomic mass is 16.5. The molecule has 2 N–H and O–H groups in total. The van der Waals surface area contributed by atoms with Gasteiger partial charge in [0.2, 0.25) is 11.9 Å². The highest BCUT2D eigenvalue weighted by molar-refractivity contribution is 6.02. The largest absolute Gasteiger partial charge is 0.493 e. The van der Waals surface area contributed by atoms with Gasteiger partial charge in [-0.15, -0.1) is 0 Å². The number of benzene rings is 3. The van der Waals surface area contributed by atoms with Crippen LogP contribution in [0.15, 0.2) is 110 Å². The Hall–Kier alpha value is -5.50. The third-order valence-electron chi connectivity index (χ3n) is 6.22. The van der Waals surface area contributed by atoms with Gasteiger partial charge in [-0.25, -0.2) is 9.97 Å². The Labute approximate surface area is 238 Å². The summed E-state index contributed by atoms with van der Waals surface area (Å²) in [6.07, 6.45) is 8.38. The normalized spacial score (nSPS) is 10.8. The molecule has 0 unspecified atom stereocenters. The predicted molar refractivity (Wildman–Crippen MR) is 161 cm³/mol. The molecule has 2 heterocycles. The lowest BCUT2D eigenvalue weighted by Crippen LogP contribution is -2.08. The number of hydrogen-bond donors (Lipinski definition) is 2. The molecule has 0 fully saturated rings. The number of rotatable bonds is 10. The Balaban J connectivity index is 1.23. The molecule has 0 bridgehead atoms. The summed E-state index contributed by atoms with van der Waals surface area (Å²) in [6, 6.07) is 26.7. The molecule has 1 amide bonds. The summed E-state index contributed by atoms with van der Waals surface area (Å²) in [5.74, 6) is 1.40. The zero-order valence-corrected chi connectivity index (χ0v) is 22.7. The fourth-order valence-corrected chi connectivity index (χ4v) is 4.05. The molecule has 8 heteroatoms. The van der Waals surface area contributed by atoms with Gasteiger partial charge in [0.25, 0.3) is 0 Å². The lowest BCUT2D eigenvalue weighted by molar-refractivity contribution is -0.111. The number of amides is 1. The lowest BCUT2D eigenvalue weighted by atomic mass is 10.1. The van der Waals surface area contributed by atoms with Gasteiger partial charge in [0, 0.05) is 41.6 Å². The molecule has 2 aromatic heterocycles. The maximum absolute atomic E-state index is 12.7. The minimum atomic E-state index is -0.266. The van der Waals surface area contributed by atoms with E-state index in [1.54, 1.807) is 31.8 Å². The van der Waals surface area contributed by atoms with E-state index in [2.05, 4.69) is 25.6 Å². The van der Waals surface area contributed by atoms with E-state index in [0.29, 0.717) is 29.7 Å². The maximum Gasteiger partial charge on any atom is 0.248 e. The number of hydrogen-bond acceptors (Lipinski definition) is 7. The van der Waals surface area contributed by atoms with Crippen molar-refractivity contribution in [3.05, 3.63) is 126 Å². The molecule has 0 radical (unpaired) electrons. The predicted octanol–water partition coefficient (Wildman–Crippen LogP) is 6.83. The summed E-state index contributed by atoms with van der Waals surface area (Å²) in [7, 11) is 1.59. The van der Waals surface area contributed by atoms with Crippen LogP contribution in [-0.4, -0.2) is 28.0 Å². The van der Waals surface area contributed by atoms with Crippen LogP contribution < -0.4 is 20.1 Å². The summed E-state index contributed by atoms with van der Waals surface area (Å²) >= 11 is 0. The molecular weight excluding hydrogens is 514 g/mol. The van der Waals surface area contributed by atoms with Crippen LogP contribution in [0.2, 0.25) is 0 Å². The summed E-state index contributed by atoms with van der Waals surface area (Å²) < 4.78 is 11.4. The Bertz CT molecular complexity index is 1660.